The standard InChI is InChI=1S/C16H21NO4S/c1-11-9-14(11)15-5-3-13(21-15)4-6-16(18)17(2)12-7-8-22(19,20)10-12/h3-6,11-12,14H,7-10H2,1-2H3/b6-4+. The van der Waals surface area contributed by atoms with E-state index >= 15 is 0 Å². The molecule has 3 rings (SSSR count). The summed E-state index contributed by atoms with van der Waals surface area (Å²) in [6.45, 7) is 2.19. The van der Waals surface area contributed by atoms with Crippen LogP contribution in [0.15, 0.2) is 22.6 Å². The van der Waals surface area contributed by atoms with Crippen molar-refractivity contribution >= 4 is 21.8 Å². The van der Waals surface area contributed by atoms with Gasteiger partial charge in [-0.25, -0.2) is 8.42 Å². The summed E-state index contributed by atoms with van der Waals surface area (Å²) in [6, 6.07) is 3.61. The molecule has 1 saturated carbocycles. The fourth-order valence-electron chi connectivity index (χ4n) is 2.91. The van der Waals surface area contributed by atoms with Crippen molar-refractivity contribution < 1.29 is 17.6 Å². The Morgan fingerprint density at radius 3 is 2.73 bits per heavy atom. The SMILES string of the molecule is CC1CC1c1ccc(/C=C/C(=O)N(C)C2CCS(=O)(=O)C2)o1. The van der Waals surface area contributed by atoms with Gasteiger partial charge in [-0.15, -0.1) is 0 Å². The number of sulfone groups is 1. The molecular formula is C16H21NO4S. The third-order valence-electron chi connectivity index (χ3n) is 4.62. The highest BCUT2D eigenvalue weighted by Crippen LogP contribution is 2.47. The Kier molecular flexibility index (Phi) is 3.89. The zero-order valence-corrected chi connectivity index (χ0v) is 13.7. The lowest BCUT2D eigenvalue weighted by atomic mass is 10.2. The molecule has 1 saturated heterocycles. The molecule has 3 atom stereocenters. The van der Waals surface area contributed by atoms with Gasteiger partial charge in [-0.1, -0.05) is 6.92 Å². The Morgan fingerprint density at radius 2 is 2.14 bits per heavy atom. The number of furan rings is 1. The van der Waals surface area contributed by atoms with Gasteiger partial charge in [0.05, 0.1) is 11.5 Å². The van der Waals surface area contributed by atoms with E-state index in [0.717, 1.165) is 12.2 Å². The summed E-state index contributed by atoms with van der Waals surface area (Å²) in [7, 11) is -1.33. The molecule has 1 aromatic rings. The Morgan fingerprint density at radius 1 is 1.41 bits per heavy atom. The summed E-state index contributed by atoms with van der Waals surface area (Å²) in [5, 5.41) is 0. The number of carbonyl (C=O) groups is 1. The van der Waals surface area contributed by atoms with Crippen LogP contribution < -0.4 is 0 Å². The third kappa shape index (κ3) is 3.27. The van der Waals surface area contributed by atoms with E-state index in [2.05, 4.69) is 6.92 Å². The number of nitrogens with zero attached hydrogens (tertiary/aromatic N) is 1. The van der Waals surface area contributed by atoms with Crippen molar-refractivity contribution in [1.29, 1.82) is 0 Å². The van der Waals surface area contributed by atoms with Gasteiger partial charge in [-0.3, -0.25) is 4.79 Å². The van der Waals surface area contributed by atoms with Crippen LogP contribution in [0.2, 0.25) is 0 Å². The second-order valence-corrected chi connectivity index (χ2v) is 8.63. The molecule has 5 nitrogen and oxygen atoms in total. The molecule has 22 heavy (non-hydrogen) atoms. The molecule has 120 valence electrons. The Labute approximate surface area is 130 Å². The van der Waals surface area contributed by atoms with Crippen LogP contribution in [-0.4, -0.2) is 43.8 Å². The normalized spacial score (nSPS) is 29.8. The largest absolute Gasteiger partial charge is 0.461 e. The van der Waals surface area contributed by atoms with E-state index in [1.165, 1.54) is 11.0 Å². The summed E-state index contributed by atoms with van der Waals surface area (Å²) in [5.74, 6) is 2.88. The number of amides is 1. The fraction of sp³-hybridized carbons (Fsp3) is 0.562. The van der Waals surface area contributed by atoms with E-state index in [1.54, 1.807) is 13.1 Å². The average molecular weight is 323 g/mol. The van der Waals surface area contributed by atoms with Crippen molar-refractivity contribution in [2.75, 3.05) is 18.6 Å². The van der Waals surface area contributed by atoms with Crippen molar-refractivity contribution in [2.45, 2.75) is 31.7 Å². The Hall–Kier alpha value is -1.56. The molecule has 0 N–H and O–H groups in total. The molecule has 0 radical (unpaired) electrons. The number of rotatable bonds is 4. The monoisotopic (exact) mass is 323 g/mol. The van der Waals surface area contributed by atoms with Gasteiger partial charge in [-0.2, -0.15) is 0 Å². The first kappa shape index (κ1) is 15.3. The predicted octanol–water partition coefficient (Wildman–Crippen LogP) is 2.06. The van der Waals surface area contributed by atoms with Gasteiger partial charge in [0.1, 0.15) is 11.5 Å². The molecule has 6 heteroatoms. The maximum Gasteiger partial charge on any atom is 0.246 e. The van der Waals surface area contributed by atoms with Gasteiger partial charge in [0.25, 0.3) is 0 Å². The summed E-state index contributed by atoms with van der Waals surface area (Å²) in [4.78, 5) is 13.6. The van der Waals surface area contributed by atoms with E-state index in [4.69, 9.17) is 4.42 Å². The van der Waals surface area contributed by atoms with Gasteiger partial charge in [0.15, 0.2) is 9.84 Å². The molecule has 3 unspecified atom stereocenters. The zero-order chi connectivity index (χ0) is 15.9. The van der Waals surface area contributed by atoms with Gasteiger partial charge in [0, 0.05) is 25.1 Å². The molecule has 2 heterocycles. The summed E-state index contributed by atoms with van der Waals surface area (Å²) in [5.41, 5.74) is 0. The first-order chi connectivity index (χ1) is 10.4. The van der Waals surface area contributed by atoms with E-state index < -0.39 is 9.84 Å². The third-order valence-corrected chi connectivity index (χ3v) is 6.37. The van der Waals surface area contributed by atoms with E-state index in [9.17, 15) is 13.2 Å². The van der Waals surface area contributed by atoms with E-state index in [1.807, 2.05) is 12.1 Å². The molecule has 2 aliphatic rings. The smallest absolute Gasteiger partial charge is 0.246 e. The van der Waals surface area contributed by atoms with Gasteiger partial charge in [-0.05, 0) is 37.0 Å². The minimum Gasteiger partial charge on any atom is -0.461 e. The molecule has 0 bridgehead atoms. The Bertz CT molecular complexity index is 703. The van der Waals surface area contributed by atoms with Crippen LogP contribution in [0.4, 0.5) is 0 Å². The number of hydrogen-bond donors (Lipinski definition) is 0. The highest BCUT2D eigenvalue weighted by molar-refractivity contribution is 7.91. The van der Waals surface area contributed by atoms with Gasteiger partial charge >= 0.3 is 0 Å². The van der Waals surface area contributed by atoms with Crippen molar-refractivity contribution in [1.82, 2.24) is 4.90 Å². The van der Waals surface area contributed by atoms with Gasteiger partial charge < -0.3 is 9.32 Å². The molecule has 0 aromatic carbocycles. The minimum absolute atomic E-state index is 0.0630. The minimum atomic E-state index is -2.98. The molecule has 1 aliphatic carbocycles. The molecule has 1 aliphatic heterocycles. The lowest BCUT2D eigenvalue weighted by Crippen LogP contribution is -2.36. The maximum atomic E-state index is 12.1. The second kappa shape index (κ2) is 5.57. The first-order valence-corrected chi connectivity index (χ1v) is 9.43. The predicted molar refractivity (Wildman–Crippen MR) is 84.1 cm³/mol. The average Bonchev–Trinajstić information content (AvgIpc) is 2.89. The van der Waals surface area contributed by atoms with Crippen LogP contribution in [0.5, 0.6) is 0 Å². The molecule has 1 aromatic heterocycles. The lowest BCUT2D eigenvalue weighted by Gasteiger charge is -2.21. The zero-order valence-electron chi connectivity index (χ0n) is 12.9. The van der Waals surface area contributed by atoms with Gasteiger partial charge in [0.2, 0.25) is 5.91 Å². The highest BCUT2D eigenvalue weighted by atomic mass is 32.2. The number of carbonyl (C=O) groups excluding carboxylic acids is 1. The maximum absolute atomic E-state index is 12.1. The topological polar surface area (TPSA) is 67.6 Å². The summed E-state index contributed by atoms with van der Waals surface area (Å²) < 4.78 is 28.7. The summed E-state index contributed by atoms with van der Waals surface area (Å²) >= 11 is 0. The molecule has 0 spiro atoms. The molecule has 1 amide bonds. The highest BCUT2D eigenvalue weighted by Gasteiger charge is 2.36. The lowest BCUT2D eigenvalue weighted by molar-refractivity contribution is -0.126. The van der Waals surface area contributed by atoms with Crippen LogP contribution in [-0.2, 0) is 14.6 Å². The van der Waals surface area contributed by atoms with Crippen molar-refractivity contribution in [3.05, 3.63) is 29.7 Å². The van der Waals surface area contributed by atoms with E-state index in [0.29, 0.717) is 24.0 Å². The quantitative estimate of drug-likeness (QED) is 0.796. The van der Waals surface area contributed by atoms with Crippen LogP contribution in [0.1, 0.15) is 37.2 Å². The van der Waals surface area contributed by atoms with Crippen LogP contribution in [0.3, 0.4) is 0 Å². The number of hydrogen-bond acceptors (Lipinski definition) is 4. The first-order valence-electron chi connectivity index (χ1n) is 7.61. The second-order valence-electron chi connectivity index (χ2n) is 6.40. The van der Waals surface area contributed by atoms with Crippen molar-refractivity contribution in [3.63, 3.8) is 0 Å². The molecule has 2 fully saturated rings. The number of likely N-dealkylation sites (N-methyl/N-ethyl adjacent to an activating group) is 1. The van der Waals surface area contributed by atoms with Crippen LogP contribution in [0.25, 0.3) is 6.08 Å². The summed E-state index contributed by atoms with van der Waals surface area (Å²) in [6.07, 6.45) is 4.78. The van der Waals surface area contributed by atoms with Crippen molar-refractivity contribution in [3.8, 4) is 0 Å². The van der Waals surface area contributed by atoms with Crippen LogP contribution in [0, 0.1) is 5.92 Å². The van der Waals surface area contributed by atoms with Crippen molar-refractivity contribution in [2.24, 2.45) is 5.92 Å². The fourth-order valence-corrected chi connectivity index (χ4v) is 4.68. The Balaban J connectivity index is 1.60. The van der Waals surface area contributed by atoms with Crippen LogP contribution >= 0.6 is 0 Å². The van der Waals surface area contributed by atoms with E-state index in [-0.39, 0.29) is 23.5 Å². The molecular weight excluding hydrogens is 302 g/mol.